The summed E-state index contributed by atoms with van der Waals surface area (Å²) in [6, 6.07) is 7.24. The van der Waals surface area contributed by atoms with E-state index in [1.807, 2.05) is 12.1 Å². The molecular weight excluding hydrogens is 240 g/mol. The number of benzene rings is 1. The van der Waals surface area contributed by atoms with E-state index in [1.54, 1.807) is 12.1 Å². The van der Waals surface area contributed by atoms with Crippen molar-refractivity contribution in [3.8, 4) is 0 Å². The number of ether oxygens (including phenoxy) is 1. The van der Waals surface area contributed by atoms with Crippen molar-refractivity contribution in [1.82, 2.24) is 0 Å². The molecule has 17 heavy (non-hydrogen) atoms. The lowest BCUT2D eigenvalue weighted by Crippen LogP contribution is -2.23. The van der Waals surface area contributed by atoms with Gasteiger partial charge in [0.25, 0.3) is 0 Å². The molecule has 0 spiro atoms. The fourth-order valence-electron chi connectivity index (χ4n) is 1.99. The van der Waals surface area contributed by atoms with Gasteiger partial charge in [-0.3, -0.25) is 9.59 Å². The molecule has 1 aromatic carbocycles. The van der Waals surface area contributed by atoms with Crippen molar-refractivity contribution in [1.29, 1.82) is 0 Å². The van der Waals surface area contributed by atoms with Crippen molar-refractivity contribution in [2.45, 2.75) is 24.7 Å². The Morgan fingerprint density at radius 1 is 1.29 bits per heavy atom. The van der Waals surface area contributed by atoms with Crippen LogP contribution in [0.5, 0.6) is 0 Å². The third-order valence-corrected chi connectivity index (χ3v) is 3.47. The predicted octanol–water partition coefficient (Wildman–Crippen LogP) is 2.50. The Balaban J connectivity index is 2.16. The molecule has 0 heterocycles. The summed E-state index contributed by atoms with van der Waals surface area (Å²) in [5.41, 5.74) is 0.467. The first kappa shape index (κ1) is 12.1. The van der Waals surface area contributed by atoms with Crippen LogP contribution in [0.4, 0.5) is 0 Å². The second kappa shape index (κ2) is 4.49. The van der Waals surface area contributed by atoms with Crippen molar-refractivity contribution >= 4 is 23.4 Å². The van der Waals surface area contributed by atoms with Gasteiger partial charge in [-0.05, 0) is 30.5 Å². The molecule has 0 radical (unpaired) electrons. The van der Waals surface area contributed by atoms with Crippen molar-refractivity contribution in [3.05, 3.63) is 34.9 Å². The molecule has 0 unspecified atom stereocenters. The summed E-state index contributed by atoms with van der Waals surface area (Å²) >= 11 is 5.81. The summed E-state index contributed by atoms with van der Waals surface area (Å²) in [7, 11) is 1.29. The topological polar surface area (TPSA) is 43.4 Å². The van der Waals surface area contributed by atoms with E-state index >= 15 is 0 Å². The van der Waals surface area contributed by atoms with Crippen LogP contribution in [-0.2, 0) is 19.7 Å². The van der Waals surface area contributed by atoms with Gasteiger partial charge in [0.2, 0.25) is 0 Å². The number of halogens is 1. The van der Waals surface area contributed by atoms with Gasteiger partial charge in [-0.1, -0.05) is 23.7 Å². The molecule has 0 amide bonds. The fraction of sp³-hybridized carbons (Fsp3) is 0.385. The van der Waals surface area contributed by atoms with Gasteiger partial charge in [-0.2, -0.15) is 0 Å². The Hall–Kier alpha value is -1.35. The van der Waals surface area contributed by atoms with Crippen molar-refractivity contribution in [3.63, 3.8) is 0 Å². The van der Waals surface area contributed by atoms with Crippen molar-refractivity contribution in [2.24, 2.45) is 0 Å². The second-order valence-corrected chi connectivity index (χ2v) is 4.70. The Kier molecular flexibility index (Phi) is 3.20. The number of carbonyl (C=O) groups excluding carboxylic acids is 2. The maximum atomic E-state index is 12.0. The predicted molar refractivity (Wildman–Crippen MR) is 64.0 cm³/mol. The highest BCUT2D eigenvalue weighted by Gasteiger charge is 2.51. The standard InChI is InChI=1S/C13H13ClO3/c1-17-12(16)8-11(15)13(6-7-13)9-2-4-10(14)5-3-9/h2-5H,6-8H2,1H3. The molecular formula is C13H13ClO3. The fourth-order valence-corrected chi connectivity index (χ4v) is 2.12. The maximum absolute atomic E-state index is 12.0. The molecule has 1 aromatic rings. The molecule has 0 aliphatic heterocycles. The van der Waals surface area contributed by atoms with Crippen LogP contribution in [0.25, 0.3) is 0 Å². The van der Waals surface area contributed by atoms with Crippen LogP contribution in [0, 0.1) is 0 Å². The smallest absolute Gasteiger partial charge is 0.313 e. The number of Topliss-reactive ketones (excluding diaryl/α,β-unsaturated/α-hetero) is 1. The summed E-state index contributed by atoms with van der Waals surface area (Å²) in [6.07, 6.45) is 1.44. The van der Waals surface area contributed by atoms with Gasteiger partial charge < -0.3 is 4.74 Å². The molecule has 4 heteroatoms. The molecule has 0 aromatic heterocycles. The van der Waals surface area contributed by atoms with E-state index in [4.69, 9.17) is 11.6 Å². The average molecular weight is 253 g/mol. The summed E-state index contributed by atoms with van der Waals surface area (Å²) < 4.78 is 4.52. The summed E-state index contributed by atoms with van der Waals surface area (Å²) in [6.45, 7) is 0. The summed E-state index contributed by atoms with van der Waals surface area (Å²) in [4.78, 5) is 23.2. The molecule has 1 saturated carbocycles. The molecule has 0 saturated heterocycles. The van der Waals surface area contributed by atoms with Crippen LogP contribution >= 0.6 is 11.6 Å². The first-order valence-corrected chi connectivity index (χ1v) is 5.82. The Morgan fingerprint density at radius 2 is 1.88 bits per heavy atom. The van der Waals surface area contributed by atoms with Crippen LogP contribution in [0.1, 0.15) is 24.8 Å². The first-order valence-electron chi connectivity index (χ1n) is 5.45. The number of hydrogen-bond acceptors (Lipinski definition) is 3. The minimum absolute atomic E-state index is 0.0633. The van der Waals surface area contributed by atoms with Crippen molar-refractivity contribution < 1.29 is 14.3 Å². The van der Waals surface area contributed by atoms with Gasteiger partial charge >= 0.3 is 5.97 Å². The zero-order chi connectivity index (χ0) is 12.5. The lowest BCUT2D eigenvalue weighted by atomic mass is 9.90. The van der Waals surface area contributed by atoms with Gasteiger partial charge in [0.15, 0.2) is 5.78 Å². The van der Waals surface area contributed by atoms with E-state index in [0.29, 0.717) is 5.02 Å². The molecule has 0 atom stereocenters. The summed E-state index contributed by atoms with van der Waals surface area (Å²) in [5.74, 6) is -0.540. The molecule has 0 N–H and O–H groups in total. The van der Waals surface area contributed by atoms with Crippen LogP contribution < -0.4 is 0 Å². The van der Waals surface area contributed by atoms with E-state index in [2.05, 4.69) is 4.74 Å². The highest BCUT2D eigenvalue weighted by Crippen LogP contribution is 2.49. The van der Waals surface area contributed by atoms with Crippen LogP contribution in [0.15, 0.2) is 24.3 Å². The highest BCUT2D eigenvalue weighted by atomic mass is 35.5. The zero-order valence-corrected chi connectivity index (χ0v) is 10.3. The molecule has 1 aliphatic rings. The van der Waals surface area contributed by atoms with E-state index in [-0.39, 0.29) is 12.2 Å². The lowest BCUT2D eigenvalue weighted by Gasteiger charge is -2.13. The van der Waals surface area contributed by atoms with Gasteiger partial charge in [-0.15, -0.1) is 0 Å². The third-order valence-electron chi connectivity index (χ3n) is 3.21. The maximum Gasteiger partial charge on any atom is 0.313 e. The van der Waals surface area contributed by atoms with Gasteiger partial charge in [0, 0.05) is 5.02 Å². The van der Waals surface area contributed by atoms with E-state index in [0.717, 1.165) is 18.4 Å². The highest BCUT2D eigenvalue weighted by molar-refractivity contribution is 6.30. The molecule has 3 nitrogen and oxygen atoms in total. The normalized spacial score (nSPS) is 16.4. The molecule has 2 rings (SSSR count). The van der Waals surface area contributed by atoms with Crippen LogP contribution in [-0.4, -0.2) is 18.9 Å². The Morgan fingerprint density at radius 3 is 2.35 bits per heavy atom. The van der Waals surface area contributed by atoms with Crippen LogP contribution in [0.3, 0.4) is 0 Å². The first-order chi connectivity index (χ1) is 8.08. The number of esters is 1. The Bertz CT molecular complexity index is 446. The van der Waals surface area contributed by atoms with E-state index in [9.17, 15) is 9.59 Å². The monoisotopic (exact) mass is 252 g/mol. The second-order valence-electron chi connectivity index (χ2n) is 4.27. The molecule has 1 aliphatic carbocycles. The number of carbonyl (C=O) groups is 2. The van der Waals surface area contributed by atoms with Crippen LogP contribution in [0.2, 0.25) is 5.02 Å². The van der Waals surface area contributed by atoms with E-state index < -0.39 is 11.4 Å². The third kappa shape index (κ3) is 2.34. The Labute approximate surface area is 105 Å². The SMILES string of the molecule is COC(=O)CC(=O)C1(c2ccc(Cl)cc2)CC1. The lowest BCUT2D eigenvalue weighted by molar-refractivity contribution is -0.143. The number of ketones is 1. The zero-order valence-electron chi connectivity index (χ0n) is 9.53. The molecule has 1 fully saturated rings. The summed E-state index contributed by atoms with van der Waals surface area (Å²) in [5, 5.41) is 0.643. The van der Waals surface area contributed by atoms with Crippen molar-refractivity contribution in [2.75, 3.05) is 7.11 Å². The number of hydrogen-bond donors (Lipinski definition) is 0. The molecule has 0 bridgehead atoms. The minimum atomic E-state index is -0.477. The van der Waals surface area contributed by atoms with Gasteiger partial charge in [0.05, 0.1) is 12.5 Å². The number of rotatable bonds is 4. The minimum Gasteiger partial charge on any atom is -0.469 e. The molecule has 90 valence electrons. The van der Waals surface area contributed by atoms with Gasteiger partial charge in [0.1, 0.15) is 6.42 Å². The number of methoxy groups -OCH3 is 1. The van der Waals surface area contributed by atoms with E-state index in [1.165, 1.54) is 7.11 Å². The largest absolute Gasteiger partial charge is 0.469 e. The average Bonchev–Trinajstić information content (AvgIpc) is 3.11. The quantitative estimate of drug-likeness (QED) is 0.611. The van der Waals surface area contributed by atoms with Gasteiger partial charge in [-0.25, -0.2) is 0 Å².